The molecule has 0 unspecified atom stereocenters. The quantitative estimate of drug-likeness (QED) is 0.853. The molecular formula is C15H15ClN2O2S. The van der Waals surface area contributed by atoms with Gasteiger partial charge in [-0.1, -0.05) is 41.9 Å². The molecule has 3 rings (SSSR count). The van der Waals surface area contributed by atoms with E-state index in [1.165, 1.54) is 10.4 Å². The molecule has 2 aromatic rings. The number of fused-ring (bicyclic) bond motifs is 1. The lowest BCUT2D eigenvalue weighted by molar-refractivity contribution is 0.398. The first-order valence-corrected chi connectivity index (χ1v) is 8.35. The Balaban J connectivity index is 2.02. The van der Waals surface area contributed by atoms with Gasteiger partial charge < -0.3 is 4.90 Å². The Bertz CT molecular complexity index is 762. The summed E-state index contributed by atoms with van der Waals surface area (Å²) >= 11 is 5.96. The third-order valence-electron chi connectivity index (χ3n) is 3.52. The molecule has 2 aromatic carbocycles. The minimum atomic E-state index is -3.53. The molecule has 0 atom stereocenters. The third kappa shape index (κ3) is 2.64. The van der Waals surface area contributed by atoms with Crippen LogP contribution in [0.3, 0.4) is 0 Å². The van der Waals surface area contributed by atoms with E-state index < -0.39 is 10.0 Å². The van der Waals surface area contributed by atoms with Crippen molar-refractivity contribution < 1.29 is 8.42 Å². The zero-order chi connectivity index (χ0) is 15.0. The maximum Gasteiger partial charge on any atom is 0.247 e. The highest BCUT2D eigenvalue weighted by Crippen LogP contribution is 2.34. The summed E-state index contributed by atoms with van der Waals surface area (Å²) in [5.41, 5.74) is 1.64. The van der Waals surface area contributed by atoms with E-state index in [1.54, 1.807) is 12.1 Å². The minimum Gasteiger partial charge on any atom is -0.359 e. The summed E-state index contributed by atoms with van der Waals surface area (Å²) < 4.78 is 27.0. The highest BCUT2D eigenvalue weighted by atomic mass is 35.5. The maximum absolute atomic E-state index is 12.7. The van der Waals surface area contributed by atoms with Gasteiger partial charge in [0.15, 0.2) is 0 Å². The van der Waals surface area contributed by atoms with Gasteiger partial charge in [0.25, 0.3) is 0 Å². The Morgan fingerprint density at radius 1 is 1.14 bits per heavy atom. The van der Waals surface area contributed by atoms with E-state index in [2.05, 4.69) is 0 Å². The van der Waals surface area contributed by atoms with E-state index in [1.807, 2.05) is 42.3 Å². The van der Waals surface area contributed by atoms with Crippen molar-refractivity contribution >= 4 is 27.3 Å². The molecule has 0 N–H and O–H groups in total. The van der Waals surface area contributed by atoms with E-state index in [0.717, 1.165) is 5.56 Å². The van der Waals surface area contributed by atoms with E-state index in [9.17, 15) is 8.42 Å². The topological polar surface area (TPSA) is 40.6 Å². The van der Waals surface area contributed by atoms with Gasteiger partial charge in [-0.3, -0.25) is 0 Å². The Kier molecular flexibility index (Phi) is 3.65. The summed E-state index contributed by atoms with van der Waals surface area (Å²) in [5, 5.41) is 0.423. The molecule has 0 saturated carbocycles. The molecule has 0 saturated heterocycles. The van der Waals surface area contributed by atoms with Crippen LogP contribution < -0.4 is 4.90 Å². The van der Waals surface area contributed by atoms with Crippen LogP contribution in [0.2, 0.25) is 5.02 Å². The molecule has 0 aliphatic carbocycles. The van der Waals surface area contributed by atoms with Crippen molar-refractivity contribution in [3.05, 3.63) is 59.1 Å². The minimum absolute atomic E-state index is 0.264. The fraction of sp³-hybridized carbons (Fsp3) is 0.200. The van der Waals surface area contributed by atoms with Crippen molar-refractivity contribution in [1.29, 1.82) is 0 Å². The fourth-order valence-corrected chi connectivity index (χ4v) is 4.38. The highest BCUT2D eigenvalue weighted by Gasteiger charge is 2.34. The number of hydrogen-bond acceptors (Lipinski definition) is 3. The molecule has 0 radical (unpaired) electrons. The molecule has 1 heterocycles. The third-order valence-corrected chi connectivity index (χ3v) is 5.56. The smallest absolute Gasteiger partial charge is 0.247 e. The van der Waals surface area contributed by atoms with Gasteiger partial charge in [-0.25, -0.2) is 8.42 Å². The zero-order valence-electron chi connectivity index (χ0n) is 11.5. The van der Waals surface area contributed by atoms with Crippen molar-refractivity contribution in [1.82, 2.24) is 4.31 Å². The van der Waals surface area contributed by atoms with Crippen LogP contribution in [0.4, 0.5) is 5.69 Å². The van der Waals surface area contributed by atoms with Crippen molar-refractivity contribution in [3.63, 3.8) is 0 Å². The van der Waals surface area contributed by atoms with Crippen LogP contribution in [0.5, 0.6) is 0 Å². The number of rotatable bonds is 2. The Hall–Kier alpha value is -1.56. The first kappa shape index (κ1) is 14.4. The Morgan fingerprint density at radius 3 is 2.57 bits per heavy atom. The second-order valence-electron chi connectivity index (χ2n) is 5.05. The molecule has 1 aliphatic rings. The standard InChI is InChI=1S/C15H15ClN2O2S/c1-17-11-18(10-12-5-3-2-4-6-12)21(19,20)15-9-13(16)7-8-14(15)17/h2-9H,10-11H2,1H3. The molecule has 4 nitrogen and oxygen atoms in total. The normalized spacial score (nSPS) is 17.5. The maximum atomic E-state index is 12.7. The van der Waals surface area contributed by atoms with Crippen molar-refractivity contribution in [2.75, 3.05) is 18.6 Å². The molecule has 110 valence electrons. The summed E-state index contributed by atoms with van der Waals surface area (Å²) in [5.74, 6) is 0. The summed E-state index contributed by atoms with van der Waals surface area (Å²) in [6, 6.07) is 14.5. The molecule has 1 aliphatic heterocycles. The summed E-state index contributed by atoms with van der Waals surface area (Å²) in [6.07, 6.45) is 0. The molecular weight excluding hydrogens is 308 g/mol. The molecule has 0 spiro atoms. The van der Waals surface area contributed by atoms with E-state index in [4.69, 9.17) is 11.6 Å². The van der Waals surface area contributed by atoms with Crippen LogP contribution in [0.25, 0.3) is 0 Å². The number of hydrogen-bond donors (Lipinski definition) is 0. The zero-order valence-corrected chi connectivity index (χ0v) is 13.1. The first-order chi connectivity index (χ1) is 9.98. The van der Waals surface area contributed by atoms with Crippen molar-refractivity contribution in [2.45, 2.75) is 11.4 Å². The summed E-state index contributed by atoms with van der Waals surface area (Å²) in [7, 11) is -1.65. The van der Waals surface area contributed by atoms with Gasteiger partial charge in [0.05, 0.1) is 12.4 Å². The van der Waals surface area contributed by atoms with Gasteiger partial charge >= 0.3 is 0 Å². The predicted molar refractivity (Wildman–Crippen MR) is 83.9 cm³/mol. The van der Waals surface area contributed by atoms with Crippen molar-refractivity contribution in [2.24, 2.45) is 0 Å². The average molecular weight is 323 g/mol. The fourth-order valence-electron chi connectivity index (χ4n) is 2.46. The second-order valence-corrected chi connectivity index (χ2v) is 7.39. The van der Waals surface area contributed by atoms with Gasteiger partial charge in [0.1, 0.15) is 4.90 Å². The molecule has 0 aromatic heterocycles. The lowest BCUT2D eigenvalue weighted by atomic mass is 10.2. The van der Waals surface area contributed by atoms with Crippen molar-refractivity contribution in [3.8, 4) is 0 Å². The molecule has 21 heavy (non-hydrogen) atoms. The lowest BCUT2D eigenvalue weighted by Crippen LogP contribution is -2.44. The summed E-state index contributed by atoms with van der Waals surface area (Å²) in [6.45, 7) is 0.672. The number of halogens is 1. The van der Waals surface area contributed by atoms with E-state index in [0.29, 0.717) is 23.9 Å². The number of nitrogens with zero attached hydrogens (tertiary/aromatic N) is 2. The van der Waals surface area contributed by atoms with Gasteiger partial charge in [-0.2, -0.15) is 4.31 Å². The van der Waals surface area contributed by atoms with E-state index in [-0.39, 0.29) is 4.90 Å². The van der Waals surface area contributed by atoms with E-state index >= 15 is 0 Å². The van der Waals surface area contributed by atoms with Crippen LogP contribution in [-0.4, -0.2) is 26.4 Å². The molecule has 0 bridgehead atoms. The lowest BCUT2D eigenvalue weighted by Gasteiger charge is -2.35. The number of sulfonamides is 1. The largest absolute Gasteiger partial charge is 0.359 e. The van der Waals surface area contributed by atoms with Crippen LogP contribution in [0, 0.1) is 0 Å². The molecule has 6 heteroatoms. The van der Waals surface area contributed by atoms with Gasteiger partial charge in [-0.05, 0) is 23.8 Å². The molecule has 0 fully saturated rings. The monoisotopic (exact) mass is 322 g/mol. The first-order valence-electron chi connectivity index (χ1n) is 6.53. The predicted octanol–water partition coefficient (Wildman–Crippen LogP) is 2.94. The van der Waals surface area contributed by atoms with Gasteiger partial charge in [0, 0.05) is 18.6 Å². The highest BCUT2D eigenvalue weighted by molar-refractivity contribution is 7.89. The Labute approximate surface area is 129 Å². The van der Waals surface area contributed by atoms with Gasteiger partial charge in [-0.15, -0.1) is 0 Å². The molecule has 0 amide bonds. The van der Waals surface area contributed by atoms with Gasteiger partial charge in [0.2, 0.25) is 10.0 Å². The Morgan fingerprint density at radius 2 is 1.86 bits per heavy atom. The van der Waals surface area contributed by atoms with Crippen LogP contribution >= 0.6 is 11.6 Å². The SMILES string of the molecule is CN1CN(Cc2ccccc2)S(=O)(=O)c2cc(Cl)ccc21. The van der Waals surface area contributed by atoms with Crippen LogP contribution in [0.15, 0.2) is 53.4 Å². The summed E-state index contributed by atoms with van der Waals surface area (Å²) in [4.78, 5) is 2.18. The van der Waals surface area contributed by atoms with Crippen LogP contribution in [-0.2, 0) is 16.6 Å². The van der Waals surface area contributed by atoms with Crippen LogP contribution in [0.1, 0.15) is 5.56 Å². The number of anilines is 1. The second kappa shape index (κ2) is 5.33. The average Bonchev–Trinajstić information content (AvgIpc) is 2.46. The number of benzene rings is 2.